The standard InChI is InChI=1S/C36H35FN8O2/c1-3-43-15-14-27(23-43)31-32-38-18-28-16-29(37)19-40-35(28)47-24(2)17-39-34(46)30-20-41-45(33(30)42-32)36(31)44(21-25-10-6-4-7-11-25)22-26-12-8-5-9-13-26/h4-16,19-20,23-24H,3,17-18,21-22H2,1-2H3,(H,38,42)(H,39,46). The van der Waals surface area contributed by atoms with Crippen molar-refractivity contribution in [1.29, 1.82) is 0 Å². The fourth-order valence-corrected chi connectivity index (χ4v) is 5.87. The maximum Gasteiger partial charge on any atom is 0.256 e. The molecular weight excluding hydrogens is 595 g/mol. The van der Waals surface area contributed by atoms with Gasteiger partial charge in [-0.05, 0) is 37.1 Å². The van der Waals surface area contributed by atoms with E-state index in [0.717, 1.165) is 40.8 Å². The summed E-state index contributed by atoms with van der Waals surface area (Å²) < 4.78 is 24.4. The van der Waals surface area contributed by atoms with Crippen LogP contribution in [0, 0.1) is 5.82 Å². The Morgan fingerprint density at radius 3 is 2.40 bits per heavy atom. The minimum Gasteiger partial charge on any atom is -0.473 e. The Kier molecular flexibility index (Phi) is 8.26. The summed E-state index contributed by atoms with van der Waals surface area (Å²) in [5, 5.41) is 11.2. The zero-order valence-electron chi connectivity index (χ0n) is 26.2. The van der Waals surface area contributed by atoms with E-state index >= 15 is 0 Å². The maximum atomic E-state index is 14.5. The third kappa shape index (κ3) is 6.24. The largest absolute Gasteiger partial charge is 0.473 e. The zero-order valence-corrected chi connectivity index (χ0v) is 26.2. The Hall–Kier alpha value is -5.71. The van der Waals surface area contributed by atoms with Crippen LogP contribution in [0.15, 0.2) is 97.6 Å². The second-order valence-corrected chi connectivity index (χ2v) is 11.6. The molecule has 0 spiro atoms. The molecule has 0 saturated heterocycles. The Morgan fingerprint density at radius 1 is 1.00 bits per heavy atom. The predicted octanol–water partition coefficient (Wildman–Crippen LogP) is 6.08. The smallest absolute Gasteiger partial charge is 0.256 e. The molecule has 11 heteroatoms. The number of halogens is 1. The van der Waals surface area contributed by atoms with Gasteiger partial charge >= 0.3 is 0 Å². The van der Waals surface area contributed by atoms with E-state index in [-0.39, 0.29) is 24.9 Å². The molecule has 0 fully saturated rings. The van der Waals surface area contributed by atoms with Gasteiger partial charge in [0.25, 0.3) is 5.91 Å². The third-order valence-corrected chi connectivity index (χ3v) is 8.20. The molecule has 238 valence electrons. The van der Waals surface area contributed by atoms with E-state index in [0.29, 0.717) is 35.7 Å². The molecule has 1 aliphatic heterocycles. The molecular formula is C36H35FN8O2. The monoisotopic (exact) mass is 630 g/mol. The lowest BCUT2D eigenvalue weighted by atomic mass is 10.1. The fourth-order valence-electron chi connectivity index (χ4n) is 5.87. The van der Waals surface area contributed by atoms with Gasteiger partial charge in [-0.25, -0.2) is 14.4 Å². The van der Waals surface area contributed by atoms with Gasteiger partial charge in [0.15, 0.2) is 5.65 Å². The number of anilines is 2. The molecule has 5 heterocycles. The molecule has 10 nitrogen and oxygen atoms in total. The summed E-state index contributed by atoms with van der Waals surface area (Å²) in [5.41, 5.74) is 5.19. The highest BCUT2D eigenvalue weighted by atomic mass is 19.1. The van der Waals surface area contributed by atoms with Gasteiger partial charge in [0.2, 0.25) is 5.88 Å². The van der Waals surface area contributed by atoms with Crippen molar-refractivity contribution >= 4 is 23.2 Å². The fraction of sp³-hybridized carbons (Fsp3) is 0.222. The van der Waals surface area contributed by atoms with Gasteiger partial charge < -0.3 is 24.8 Å². The molecule has 7 rings (SSSR count). The first-order valence-corrected chi connectivity index (χ1v) is 15.7. The van der Waals surface area contributed by atoms with Gasteiger partial charge in [0.05, 0.1) is 24.5 Å². The summed E-state index contributed by atoms with van der Waals surface area (Å²) in [6, 6.07) is 24.0. The number of aryl methyl sites for hydroxylation is 1. The number of hydrogen-bond donors (Lipinski definition) is 2. The summed E-state index contributed by atoms with van der Waals surface area (Å²) in [6.07, 6.45) is 6.37. The number of aromatic nitrogens is 5. The van der Waals surface area contributed by atoms with Crippen LogP contribution in [-0.4, -0.2) is 42.7 Å². The van der Waals surface area contributed by atoms with E-state index in [1.165, 1.54) is 6.07 Å². The lowest BCUT2D eigenvalue weighted by Crippen LogP contribution is -2.34. The molecule has 1 unspecified atom stereocenters. The molecule has 0 saturated carbocycles. The van der Waals surface area contributed by atoms with Gasteiger partial charge in [-0.1, -0.05) is 60.7 Å². The van der Waals surface area contributed by atoms with Gasteiger partial charge in [-0.3, -0.25) is 4.79 Å². The van der Waals surface area contributed by atoms with Gasteiger partial charge in [0.1, 0.15) is 29.1 Å². The first kappa shape index (κ1) is 30.0. The second kappa shape index (κ2) is 13.0. The number of ether oxygens (including phenoxy) is 1. The SMILES string of the molecule is CCn1ccc(-c2c3nc4c(cnn4c2N(Cc2ccccc2)Cc2ccccc2)C(=O)NCC(C)Oc2ncc(F)cc2CN3)c1. The molecule has 1 amide bonds. The lowest BCUT2D eigenvalue weighted by molar-refractivity contribution is 0.0932. The average Bonchev–Trinajstić information content (AvgIpc) is 3.74. The van der Waals surface area contributed by atoms with Crippen molar-refractivity contribution in [3.05, 3.63) is 126 Å². The molecule has 0 aliphatic carbocycles. The average molecular weight is 631 g/mol. The number of nitrogens with zero attached hydrogens (tertiary/aromatic N) is 6. The van der Waals surface area contributed by atoms with E-state index < -0.39 is 11.9 Å². The molecule has 2 N–H and O–H groups in total. The topological polar surface area (TPSA) is 102 Å². The molecule has 47 heavy (non-hydrogen) atoms. The Balaban J connectivity index is 1.49. The van der Waals surface area contributed by atoms with Crippen LogP contribution < -0.4 is 20.3 Å². The second-order valence-electron chi connectivity index (χ2n) is 11.6. The van der Waals surface area contributed by atoms with Crippen LogP contribution in [-0.2, 0) is 26.2 Å². The van der Waals surface area contributed by atoms with E-state index in [4.69, 9.17) is 14.8 Å². The Labute approximate surface area is 271 Å². The summed E-state index contributed by atoms with van der Waals surface area (Å²) >= 11 is 0. The number of hydrogen-bond acceptors (Lipinski definition) is 7. The van der Waals surface area contributed by atoms with Crippen molar-refractivity contribution in [2.75, 3.05) is 16.8 Å². The number of benzene rings is 2. The quantitative estimate of drug-likeness (QED) is 0.221. The molecule has 6 aromatic rings. The lowest BCUT2D eigenvalue weighted by Gasteiger charge is -2.29. The zero-order chi connectivity index (χ0) is 32.3. The van der Waals surface area contributed by atoms with E-state index in [1.54, 1.807) is 10.7 Å². The normalized spacial score (nSPS) is 14.7. The van der Waals surface area contributed by atoms with Crippen LogP contribution in [0.2, 0.25) is 0 Å². The van der Waals surface area contributed by atoms with Crippen molar-refractivity contribution < 1.29 is 13.9 Å². The minimum atomic E-state index is -0.473. The summed E-state index contributed by atoms with van der Waals surface area (Å²) in [5.74, 6) is 0.769. The highest BCUT2D eigenvalue weighted by molar-refractivity contribution is 6.01. The Bertz CT molecular complexity index is 1980. The van der Waals surface area contributed by atoms with Crippen molar-refractivity contribution in [3.63, 3.8) is 0 Å². The van der Waals surface area contributed by atoms with Crippen LogP contribution >= 0.6 is 0 Å². The van der Waals surface area contributed by atoms with Gasteiger partial charge in [-0.15, -0.1) is 0 Å². The van der Waals surface area contributed by atoms with Gasteiger partial charge in [-0.2, -0.15) is 9.61 Å². The molecule has 1 aliphatic rings. The number of nitrogens with one attached hydrogen (secondary N) is 2. The summed E-state index contributed by atoms with van der Waals surface area (Å²) in [4.78, 5) is 25.2. The summed E-state index contributed by atoms with van der Waals surface area (Å²) in [7, 11) is 0. The first-order chi connectivity index (χ1) is 23.0. The number of pyridine rings is 1. The highest BCUT2D eigenvalue weighted by Crippen LogP contribution is 2.40. The number of amides is 1. The highest BCUT2D eigenvalue weighted by Gasteiger charge is 2.28. The Morgan fingerprint density at radius 2 is 1.72 bits per heavy atom. The van der Waals surface area contributed by atoms with Crippen LogP contribution in [0.3, 0.4) is 0 Å². The molecule has 2 aromatic carbocycles. The van der Waals surface area contributed by atoms with E-state index in [2.05, 4.69) is 68.5 Å². The third-order valence-electron chi connectivity index (χ3n) is 8.20. The molecule has 1 atom stereocenters. The van der Waals surface area contributed by atoms with E-state index in [9.17, 15) is 9.18 Å². The summed E-state index contributed by atoms with van der Waals surface area (Å²) in [6.45, 7) is 6.19. The van der Waals surface area contributed by atoms with Crippen molar-refractivity contribution in [3.8, 4) is 17.0 Å². The first-order valence-electron chi connectivity index (χ1n) is 15.7. The number of carbonyl (C=O) groups excluding carboxylic acids is 1. The predicted molar refractivity (Wildman–Crippen MR) is 179 cm³/mol. The molecule has 0 radical (unpaired) electrons. The maximum absolute atomic E-state index is 14.5. The molecule has 4 aromatic heterocycles. The van der Waals surface area contributed by atoms with E-state index in [1.807, 2.05) is 49.5 Å². The van der Waals surface area contributed by atoms with Crippen LogP contribution in [0.5, 0.6) is 5.88 Å². The van der Waals surface area contributed by atoms with Gasteiger partial charge in [0, 0.05) is 49.7 Å². The van der Waals surface area contributed by atoms with Crippen molar-refractivity contribution in [2.24, 2.45) is 0 Å². The minimum absolute atomic E-state index is 0.180. The van der Waals surface area contributed by atoms with Crippen molar-refractivity contribution in [1.82, 2.24) is 29.5 Å². The van der Waals surface area contributed by atoms with Crippen molar-refractivity contribution in [2.45, 2.75) is 46.1 Å². The number of rotatable bonds is 7. The van der Waals surface area contributed by atoms with Crippen LogP contribution in [0.25, 0.3) is 16.8 Å². The van der Waals surface area contributed by atoms with Crippen LogP contribution in [0.1, 0.15) is 40.9 Å². The number of carbonyl (C=O) groups is 1. The number of fused-ring (bicyclic) bond motifs is 2. The molecule has 2 bridgehead atoms. The van der Waals surface area contributed by atoms with Crippen LogP contribution in [0.4, 0.5) is 16.0 Å².